The van der Waals surface area contributed by atoms with Gasteiger partial charge >= 0.3 is 0 Å². The fourth-order valence-corrected chi connectivity index (χ4v) is 4.91. The van der Waals surface area contributed by atoms with Crippen LogP contribution in [0, 0.1) is 29.6 Å². The minimum Gasteiger partial charge on any atom is -0.494 e. The van der Waals surface area contributed by atoms with Crippen LogP contribution in [0.25, 0.3) is 11.1 Å². The lowest BCUT2D eigenvalue weighted by Crippen LogP contribution is -2.36. The summed E-state index contributed by atoms with van der Waals surface area (Å²) in [6.45, 7) is 3.44. The number of rotatable bonds is 5. The molecule has 1 unspecified atom stereocenters. The molecule has 3 aliphatic rings. The minimum absolute atomic E-state index is 0.155. The SMILES string of the molecule is COc1cnc(C(F)F)cc1-c1cc(C#CCN2CCOCC2)ncc1C(=O)NC1=NN(C)C(C#CC2CC2)S1. The number of amides is 1. The standard InChI is InChI=1S/C28H28F2N6O3S/c1-35-25(8-7-18-5-6-18)40-28(34-35)33-27(37)22-16-31-19(4-3-9-36-10-12-39-13-11-36)14-20(22)21-15-23(26(29)30)32-17-24(21)38-2/h14-18,25-26H,5-6,9-13H2,1-2H3,(H,33,34,37). The Hall–Kier alpha value is -3.71. The lowest BCUT2D eigenvalue weighted by molar-refractivity contribution is 0.0443. The molecule has 1 atom stereocenters. The number of carbonyl (C=O) groups is 1. The molecule has 5 rings (SSSR count). The van der Waals surface area contributed by atoms with E-state index in [1.807, 2.05) is 0 Å². The number of carbonyl (C=O) groups excluding carboxylic acids is 1. The van der Waals surface area contributed by atoms with E-state index in [0.29, 0.717) is 42.1 Å². The summed E-state index contributed by atoms with van der Waals surface area (Å²) in [6.07, 6.45) is 2.04. The lowest BCUT2D eigenvalue weighted by Gasteiger charge is -2.24. The van der Waals surface area contributed by atoms with Crippen molar-refractivity contribution in [3.63, 3.8) is 0 Å². The van der Waals surface area contributed by atoms with Crippen LogP contribution in [0.15, 0.2) is 29.6 Å². The second-order valence-corrected chi connectivity index (χ2v) is 10.5. The number of amidine groups is 1. The third-order valence-corrected chi connectivity index (χ3v) is 7.47. The van der Waals surface area contributed by atoms with Gasteiger partial charge in [0.2, 0.25) is 0 Å². The normalized spacial score (nSPS) is 18.9. The summed E-state index contributed by atoms with van der Waals surface area (Å²) < 4.78 is 37.9. The number of hydrogen-bond acceptors (Lipinski definition) is 9. The number of morpholine rings is 1. The monoisotopic (exact) mass is 566 g/mol. The van der Waals surface area contributed by atoms with E-state index in [-0.39, 0.29) is 22.3 Å². The van der Waals surface area contributed by atoms with Crippen molar-refractivity contribution >= 4 is 22.8 Å². The molecule has 0 spiro atoms. The maximum Gasteiger partial charge on any atom is 0.280 e. The average Bonchev–Trinajstić information content (AvgIpc) is 3.73. The van der Waals surface area contributed by atoms with Crippen LogP contribution in [-0.4, -0.2) is 83.3 Å². The number of aromatic nitrogens is 2. The van der Waals surface area contributed by atoms with Crippen LogP contribution in [0.5, 0.6) is 5.75 Å². The number of methoxy groups -OCH3 is 1. The van der Waals surface area contributed by atoms with Gasteiger partial charge < -0.3 is 9.47 Å². The predicted octanol–water partition coefficient (Wildman–Crippen LogP) is 3.19. The number of ether oxygens (including phenoxy) is 2. The Kier molecular flexibility index (Phi) is 8.80. The molecule has 0 radical (unpaired) electrons. The van der Waals surface area contributed by atoms with Gasteiger partial charge in [-0.3, -0.25) is 25.0 Å². The Morgan fingerprint density at radius 1 is 1.20 bits per heavy atom. The van der Waals surface area contributed by atoms with Crippen LogP contribution in [0.1, 0.15) is 41.0 Å². The molecule has 2 aliphatic heterocycles. The second kappa shape index (κ2) is 12.6. The van der Waals surface area contributed by atoms with Gasteiger partial charge in [0.25, 0.3) is 12.3 Å². The molecule has 1 N–H and O–H groups in total. The topological polar surface area (TPSA) is 92.2 Å². The summed E-state index contributed by atoms with van der Waals surface area (Å²) in [4.78, 5) is 23.8. The quantitative estimate of drug-likeness (QED) is 0.552. The van der Waals surface area contributed by atoms with Gasteiger partial charge in [-0.1, -0.05) is 17.8 Å². The van der Waals surface area contributed by atoms with E-state index < -0.39 is 18.0 Å². The van der Waals surface area contributed by atoms with E-state index in [0.717, 1.165) is 25.9 Å². The molecule has 1 saturated heterocycles. The number of nitrogens with zero attached hydrogens (tertiary/aromatic N) is 5. The summed E-state index contributed by atoms with van der Waals surface area (Å²) in [6, 6.07) is 2.83. The van der Waals surface area contributed by atoms with Crippen molar-refractivity contribution in [3.05, 3.63) is 41.5 Å². The zero-order valence-corrected chi connectivity index (χ0v) is 22.9. The Morgan fingerprint density at radius 3 is 2.73 bits per heavy atom. The van der Waals surface area contributed by atoms with Crippen molar-refractivity contribution in [1.29, 1.82) is 0 Å². The van der Waals surface area contributed by atoms with Crippen LogP contribution >= 0.6 is 11.8 Å². The van der Waals surface area contributed by atoms with Gasteiger partial charge in [-0.25, -0.2) is 13.8 Å². The van der Waals surface area contributed by atoms with Gasteiger partial charge in [0.1, 0.15) is 17.1 Å². The van der Waals surface area contributed by atoms with Crippen molar-refractivity contribution in [3.8, 4) is 40.6 Å². The molecule has 12 heteroatoms. The molecule has 2 aromatic heterocycles. The number of hydrazone groups is 1. The zero-order valence-electron chi connectivity index (χ0n) is 22.1. The van der Waals surface area contributed by atoms with E-state index in [1.165, 1.54) is 37.3 Å². The number of nitrogens with one attached hydrogen (secondary N) is 1. The van der Waals surface area contributed by atoms with E-state index in [4.69, 9.17) is 9.47 Å². The molecule has 208 valence electrons. The Morgan fingerprint density at radius 2 is 2.00 bits per heavy atom. The highest BCUT2D eigenvalue weighted by molar-refractivity contribution is 8.14. The highest BCUT2D eigenvalue weighted by atomic mass is 32.2. The fourth-order valence-electron chi connectivity index (χ4n) is 4.04. The number of halogens is 2. The largest absolute Gasteiger partial charge is 0.494 e. The smallest absolute Gasteiger partial charge is 0.280 e. The van der Waals surface area contributed by atoms with E-state index in [2.05, 4.69) is 49.0 Å². The first-order chi connectivity index (χ1) is 19.4. The Bertz CT molecular complexity index is 1420. The van der Waals surface area contributed by atoms with Gasteiger partial charge in [-0.2, -0.15) is 5.10 Å². The molecular formula is C28H28F2N6O3S. The van der Waals surface area contributed by atoms with E-state index >= 15 is 0 Å². The molecule has 0 bridgehead atoms. The van der Waals surface area contributed by atoms with E-state index in [1.54, 1.807) is 18.1 Å². The number of pyridine rings is 2. The lowest BCUT2D eigenvalue weighted by atomic mass is 9.99. The zero-order chi connectivity index (χ0) is 28.1. The highest BCUT2D eigenvalue weighted by Crippen LogP contribution is 2.35. The van der Waals surface area contributed by atoms with Crippen molar-refractivity contribution in [1.82, 2.24) is 25.2 Å². The molecule has 0 aromatic carbocycles. The third kappa shape index (κ3) is 6.89. The number of alkyl halides is 2. The molecule has 1 amide bonds. The van der Waals surface area contributed by atoms with Crippen molar-refractivity contribution in [2.45, 2.75) is 24.6 Å². The van der Waals surface area contributed by atoms with Crippen LogP contribution in [0.2, 0.25) is 0 Å². The van der Waals surface area contributed by atoms with Crippen molar-refractivity contribution < 1.29 is 23.0 Å². The molecule has 1 aliphatic carbocycles. The summed E-state index contributed by atoms with van der Waals surface area (Å²) in [7, 11) is 3.21. The molecular weight excluding hydrogens is 538 g/mol. The molecule has 9 nitrogen and oxygen atoms in total. The first-order valence-electron chi connectivity index (χ1n) is 12.8. The van der Waals surface area contributed by atoms with Crippen LogP contribution in [0.4, 0.5) is 8.78 Å². The second-order valence-electron chi connectivity index (χ2n) is 9.38. The summed E-state index contributed by atoms with van der Waals surface area (Å²) in [5.74, 6) is 12.7. The minimum atomic E-state index is -2.80. The van der Waals surface area contributed by atoms with Gasteiger partial charge in [0, 0.05) is 43.4 Å². The van der Waals surface area contributed by atoms with Crippen LogP contribution in [-0.2, 0) is 4.74 Å². The van der Waals surface area contributed by atoms with E-state index in [9.17, 15) is 13.6 Å². The third-order valence-electron chi connectivity index (χ3n) is 6.41. The average molecular weight is 567 g/mol. The summed E-state index contributed by atoms with van der Waals surface area (Å²) in [5, 5.41) is 9.09. The number of thioether (sulfide) groups is 1. The van der Waals surface area contributed by atoms with Gasteiger partial charge in [-0.05, 0) is 42.7 Å². The van der Waals surface area contributed by atoms with Gasteiger partial charge in [-0.15, -0.1) is 0 Å². The van der Waals surface area contributed by atoms with Crippen molar-refractivity contribution in [2.75, 3.05) is 47.0 Å². The first kappa shape index (κ1) is 27.8. The Balaban J connectivity index is 1.43. The van der Waals surface area contributed by atoms with Crippen LogP contribution < -0.4 is 10.1 Å². The maximum absolute atomic E-state index is 13.6. The first-order valence-corrected chi connectivity index (χ1v) is 13.7. The molecule has 40 heavy (non-hydrogen) atoms. The fraction of sp³-hybridized carbons (Fsp3) is 0.429. The molecule has 4 heterocycles. The molecule has 2 aromatic rings. The van der Waals surface area contributed by atoms with Gasteiger partial charge in [0.15, 0.2) is 10.5 Å². The Labute approximate surface area is 235 Å². The van der Waals surface area contributed by atoms with Crippen LogP contribution in [0.3, 0.4) is 0 Å². The highest BCUT2D eigenvalue weighted by Gasteiger charge is 2.27. The summed E-state index contributed by atoms with van der Waals surface area (Å²) in [5.41, 5.74) is 0.726. The maximum atomic E-state index is 13.6. The molecule has 1 saturated carbocycles. The van der Waals surface area contributed by atoms with Crippen molar-refractivity contribution in [2.24, 2.45) is 11.0 Å². The predicted molar refractivity (Wildman–Crippen MR) is 148 cm³/mol. The summed E-state index contributed by atoms with van der Waals surface area (Å²) >= 11 is 1.34. The number of hydrogen-bond donors (Lipinski definition) is 1. The molecule has 2 fully saturated rings. The van der Waals surface area contributed by atoms with Gasteiger partial charge in [0.05, 0.1) is 38.6 Å².